The normalized spacial score (nSPS) is 18.2. The fraction of sp³-hybridized carbons (Fsp3) is 0.350. The van der Waals surface area contributed by atoms with Crippen LogP contribution in [0.25, 0.3) is 10.2 Å². The van der Waals surface area contributed by atoms with Crippen molar-refractivity contribution >= 4 is 33.1 Å². The van der Waals surface area contributed by atoms with Gasteiger partial charge in [-0.15, -0.1) is 11.3 Å². The first-order chi connectivity index (χ1) is 12.7. The molecule has 0 fully saturated rings. The van der Waals surface area contributed by atoms with Crippen molar-refractivity contribution in [3.63, 3.8) is 0 Å². The molecule has 132 valence electrons. The topological polar surface area (TPSA) is 55.3 Å². The van der Waals surface area contributed by atoms with E-state index >= 15 is 0 Å². The van der Waals surface area contributed by atoms with Gasteiger partial charge in [0, 0.05) is 16.6 Å². The van der Waals surface area contributed by atoms with Gasteiger partial charge < -0.3 is 9.64 Å². The van der Waals surface area contributed by atoms with E-state index in [2.05, 4.69) is 23.0 Å². The molecule has 0 saturated carbocycles. The third-order valence-electron chi connectivity index (χ3n) is 5.27. The highest BCUT2D eigenvalue weighted by molar-refractivity contribution is 7.18. The van der Waals surface area contributed by atoms with Crippen LogP contribution in [-0.4, -0.2) is 28.5 Å². The Morgan fingerprint density at radius 3 is 3.12 bits per heavy atom. The van der Waals surface area contributed by atoms with Crippen LogP contribution in [0.3, 0.4) is 0 Å². The number of anilines is 1. The summed E-state index contributed by atoms with van der Waals surface area (Å²) in [6.07, 6.45) is 5.74. The first kappa shape index (κ1) is 15.8. The maximum atomic E-state index is 12.9. The Hall–Kier alpha value is -2.47. The number of aryl methyl sites for hydroxylation is 2. The molecule has 3 aromatic rings. The van der Waals surface area contributed by atoms with Gasteiger partial charge in [-0.1, -0.05) is 18.2 Å². The van der Waals surface area contributed by atoms with Crippen LogP contribution in [0.2, 0.25) is 0 Å². The molecule has 1 aromatic carbocycles. The summed E-state index contributed by atoms with van der Waals surface area (Å²) in [5, 5.41) is 1.01. The Morgan fingerprint density at radius 2 is 2.19 bits per heavy atom. The molecule has 0 bridgehead atoms. The number of rotatable bonds is 3. The van der Waals surface area contributed by atoms with Gasteiger partial charge in [0.15, 0.2) is 6.61 Å². The first-order valence-electron chi connectivity index (χ1n) is 9.00. The van der Waals surface area contributed by atoms with Crippen LogP contribution in [0.15, 0.2) is 30.6 Å². The molecule has 0 radical (unpaired) electrons. The minimum absolute atomic E-state index is 0.00456. The summed E-state index contributed by atoms with van der Waals surface area (Å²) < 4.78 is 5.90. The predicted octanol–water partition coefficient (Wildman–Crippen LogP) is 3.54. The van der Waals surface area contributed by atoms with Gasteiger partial charge in [-0.2, -0.15) is 0 Å². The van der Waals surface area contributed by atoms with Crippen LogP contribution in [0.4, 0.5) is 5.69 Å². The standard InChI is InChI=1S/C20H19N3O2S/c1-12-9-13-5-2-3-7-15(13)23(12)17(24)10-25-19-18-14-6-4-8-16(14)26-20(18)22-11-21-19/h2-3,5,7,11-12H,4,6,8-10H2,1H3/t12-/m1/s1. The molecular weight excluding hydrogens is 346 g/mol. The fourth-order valence-corrected chi connectivity index (χ4v) is 5.37. The number of hydrogen-bond donors (Lipinski definition) is 0. The molecule has 2 aliphatic rings. The fourth-order valence-electron chi connectivity index (χ4n) is 4.15. The summed E-state index contributed by atoms with van der Waals surface area (Å²) in [5.41, 5.74) is 3.53. The lowest BCUT2D eigenvalue weighted by Crippen LogP contribution is -2.39. The number of para-hydroxylation sites is 1. The molecule has 26 heavy (non-hydrogen) atoms. The van der Waals surface area contributed by atoms with Crippen LogP contribution in [0.5, 0.6) is 5.88 Å². The van der Waals surface area contributed by atoms with E-state index < -0.39 is 0 Å². The molecule has 0 spiro atoms. The van der Waals surface area contributed by atoms with Crippen molar-refractivity contribution in [1.29, 1.82) is 0 Å². The van der Waals surface area contributed by atoms with Gasteiger partial charge in [0.2, 0.25) is 5.88 Å². The second-order valence-corrected chi connectivity index (χ2v) is 8.03. The van der Waals surface area contributed by atoms with E-state index in [1.165, 1.54) is 28.8 Å². The second-order valence-electron chi connectivity index (χ2n) is 6.95. The molecule has 0 unspecified atom stereocenters. The van der Waals surface area contributed by atoms with Gasteiger partial charge in [-0.25, -0.2) is 9.97 Å². The zero-order valence-corrected chi connectivity index (χ0v) is 15.4. The van der Waals surface area contributed by atoms with Gasteiger partial charge in [-0.05, 0) is 49.8 Å². The van der Waals surface area contributed by atoms with Gasteiger partial charge in [0.05, 0.1) is 5.39 Å². The molecule has 6 heteroatoms. The summed E-state index contributed by atoms with van der Waals surface area (Å²) in [7, 11) is 0. The molecule has 3 heterocycles. The lowest BCUT2D eigenvalue weighted by molar-refractivity contribution is -0.120. The van der Waals surface area contributed by atoms with Crippen LogP contribution >= 0.6 is 11.3 Å². The molecule has 1 aliphatic carbocycles. The van der Waals surface area contributed by atoms with E-state index in [1.54, 1.807) is 11.3 Å². The second kappa shape index (κ2) is 6.06. The summed E-state index contributed by atoms with van der Waals surface area (Å²) in [6.45, 7) is 2.07. The van der Waals surface area contributed by atoms with Crippen LogP contribution in [0.1, 0.15) is 29.3 Å². The number of hydrogen-bond acceptors (Lipinski definition) is 5. The number of benzene rings is 1. The van der Waals surface area contributed by atoms with Gasteiger partial charge in [0.25, 0.3) is 5.91 Å². The summed E-state index contributed by atoms with van der Waals surface area (Å²) in [5.74, 6) is 0.518. The van der Waals surface area contributed by atoms with E-state index in [0.717, 1.165) is 35.2 Å². The molecule has 2 aromatic heterocycles. The highest BCUT2D eigenvalue weighted by Crippen LogP contribution is 2.40. The number of ether oxygens (including phenoxy) is 1. The Labute approximate surface area is 155 Å². The number of carbonyl (C=O) groups excluding carboxylic acids is 1. The Morgan fingerprint density at radius 1 is 1.31 bits per heavy atom. The average Bonchev–Trinajstić information content (AvgIpc) is 3.30. The van der Waals surface area contributed by atoms with Crippen molar-refractivity contribution in [2.45, 2.75) is 38.6 Å². The smallest absolute Gasteiger partial charge is 0.265 e. The Balaban J connectivity index is 1.40. The highest BCUT2D eigenvalue weighted by Gasteiger charge is 2.31. The van der Waals surface area contributed by atoms with E-state index in [4.69, 9.17) is 4.74 Å². The van der Waals surface area contributed by atoms with Gasteiger partial charge >= 0.3 is 0 Å². The van der Waals surface area contributed by atoms with E-state index in [-0.39, 0.29) is 18.6 Å². The molecule has 1 amide bonds. The zero-order valence-electron chi connectivity index (χ0n) is 14.6. The first-order valence-corrected chi connectivity index (χ1v) is 9.82. The number of amides is 1. The van der Waals surface area contributed by atoms with Crippen molar-refractivity contribution in [2.75, 3.05) is 11.5 Å². The van der Waals surface area contributed by atoms with Crippen molar-refractivity contribution < 1.29 is 9.53 Å². The minimum atomic E-state index is -0.0268. The SMILES string of the molecule is C[C@@H]1Cc2ccccc2N1C(=O)COc1ncnc2sc3c(c12)CCC3. The van der Waals surface area contributed by atoms with Crippen LogP contribution in [-0.2, 0) is 24.1 Å². The average molecular weight is 365 g/mol. The minimum Gasteiger partial charge on any atom is -0.467 e. The van der Waals surface area contributed by atoms with Crippen molar-refractivity contribution in [2.24, 2.45) is 0 Å². The van der Waals surface area contributed by atoms with E-state index in [0.29, 0.717) is 5.88 Å². The largest absolute Gasteiger partial charge is 0.467 e. The van der Waals surface area contributed by atoms with Crippen molar-refractivity contribution in [3.8, 4) is 5.88 Å². The number of thiophene rings is 1. The lowest BCUT2D eigenvalue weighted by atomic mass is 10.1. The molecule has 1 aliphatic heterocycles. The van der Waals surface area contributed by atoms with Crippen molar-refractivity contribution in [3.05, 3.63) is 46.6 Å². The highest BCUT2D eigenvalue weighted by atomic mass is 32.1. The zero-order chi connectivity index (χ0) is 17.7. The molecule has 5 rings (SSSR count). The molecule has 1 atom stereocenters. The van der Waals surface area contributed by atoms with Gasteiger partial charge in [-0.3, -0.25) is 4.79 Å². The van der Waals surface area contributed by atoms with E-state index in [9.17, 15) is 4.79 Å². The number of carbonyl (C=O) groups is 1. The maximum absolute atomic E-state index is 12.9. The number of nitrogens with zero attached hydrogens (tertiary/aromatic N) is 3. The molecule has 5 nitrogen and oxygen atoms in total. The van der Waals surface area contributed by atoms with Crippen LogP contribution in [0, 0.1) is 0 Å². The predicted molar refractivity (Wildman–Crippen MR) is 102 cm³/mol. The third-order valence-corrected chi connectivity index (χ3v) is 6.47. The Kier molecular flexibility index (Phi) is 3.67. The lowest BCUT2D eigenvalue weighted by Gasteiger charge is -2.22. The van der Waals surface area contributed by atoms with Gasteiger partial charge in [0.1, 0.15) is 11.2 Å². The monoisotopic (exact) mass is 365 g/mol. The number of fused-ring (bicyclic) bond motifs is 4. The summed E-state index contributed by atoms with van der Waals surface area (Å²) in [6, 6.07) is 8.23. The van der Waals surface area contributed by atoms with E-state index in [1.807, 2.05) is 23.1 Å². The molecule has 0 N–H and O–H groups in total. The Bertz CT molecular complexity index is 1010. The summed E-state index contributed by atoms with van der Waals surface area (Å²) in [4.78, 5) is 25.8. The molecule has 0 saturated heterocycles. The third kappa shape index (κ3) is 2.40. The molecular formula is C20H19N3O2S. The van der Waals surface area contributed by atoms with Crippen LogP contribution < -0.4 is 9.64 Å². The number of aromatic nitrogens is 2. The summed E-state index contributed by atoms with van der Waals surface area (Å²) >= 11 is 1.72. The maximum Gasteiger partial charge on any atom is 0.265 e. The quantitative estimate of drug-likeness (QED) is 0.712. The van der Waals surface area contributed by atoms with Crippen molar-refractivity contribution in [1.82, 2.24) is 9.97 Å².